The Morgan fingerprint density at radius 2 is 1.29 bits per heavy atom. The van der Waals surface area contributed by atoms with E-state index in [-0.39, 0.29) is 29.6 Å². The van der Waals surface area contributed by atoms with Gasteiger partial charge in [-0.1, -0.05) is 67.6 Å². The van der Waals surface area contributed by atoms with E-state index in [9.17, 15) is 4.79 Å². The third-order valence-electron chi connectivity index (χ3n) is 6.45. The van der Waals surface area contributed by atoms with Crippen LogP contribution >= 0.6 is 0 Å². The molecule has 6 rings (SSSR count). The number of rotatable bonds is 3. The van der Waals surface area contributed by atoms with Crippen molar-refractivity contribution in [3.05, 3.63) is 95.1 Å². The molecule has 0 unspecified atom stereocenters. The van der Waals surface area contributed by atoms with Crippen molar-refractivity contribution in [2.45, 2.75) is 18.8 Å². The van der Waals surface area contributed by atoms with E-state index < -0.39 is 0 Å². The third kappa shape index (κ3) is 2.39. The molecule has 28 heavy (non-hydrogen) atoms. The van der Waals surface area contributed by atoms with Gasteiger partial charge in [0.2, 0.25) is 5.91 Å². The topological polar surface area (TPSA) is 38.3 Å². The minimum Gasteiger partial charge on any atom is -0.495 e. The predicted octanol–water partition coefficient (Wildman–Crippen LogP) is 5.18. The molecule has 1 N–H and O–H groups in total. The van der Waals surface area contributed by atoms with Crippen LogP contribution in [0, 0.1) is 11.8 Å². The van der Waals surface area contributed by atoms with E-state index in [0.29, 0.717) is 5.75 Å². The maximum Gasteiger partial charge on any atom is 0.228 e. The minimum absolute atomic E-state index is 0.0657. The Morgan fingerprint density at radius 3 is 1.86 bits per heavy atom. The Labute approximate surface area is 165 Å². The molecule has 1 amide bonds. The summed E-state index contributed by atoms with van der Waals surface area (Å²) in [7, 11) is 1.63. The fourth-order valence-electron chi connectivity index (χ4n) is 5.31. The number of methoxy groups -OCH3 is 1. The van der Waals surface area contributed by atoms with Crippen LogP contribution in [-0.2, 0) is 4.79 Å². The number of para-hydroxylation sites is 2. The summed E-state index contributed by atoms with van der Waals surface area (Å²) in [6, 6.07) is 24.8. The molecule has 0 saturated carbocycles. The summed E-state index contributed by atoms with van der Waals surface area (Å²) >= 11 is 0. The Balaban J connectivity index is 1.59. The van der Waals surface area contributed by atoms with Gasteiger partial charge in [-0.2, -0.15) is 0 Å². The van der Waals surface area contributed by atoms with E-state index in [0.717, 1.165) is 5.69 Å². The highest BCUT2D eigenvalue weighted by atomic mass is 16.5. The van der Waals surface area contributed by atoms with Crippen molar-refractivity contribution in [2.75, 3.05) is 12.4 Å². The van der Waals surface area contributed by atoms with E-state index in [2.05, 4.69) is 60.8 Å². The predicted molar refractivity (Wildman–Crippen MR) is 111 cm³/mol. The molecule has 0 radical (unpaired) electrons. The molecule has 3 aromatic carbocycles. The molecule has 2 atom stereocenters. The first-order valence-corrected chi connectivity index (χ1v) is 9.82. The van der Waals surface area contributed by atoms with Crippen LogP contribution < -0.4 is 10.1 Å². The van der Waals surface area contributed by atoms with Crippen LogP contribution in [-0.4, -0.2) is 13.0 Å². The van der Waals surface area contributed by atoms with Gasteiger partial charge in [-0.05, 0) is 40.3 Å². The van der Waals surface area contributed by atoms with Gasteiger partial charge in [-0.25, -0.2) is 0 Å². The molecule has 3 aliphatic carbocycles. The fourth-order valence-corrected chi connectivity index (χ4v) is 5.31. The van der Waals surface area contributed by atoms with E-state index in [1.54, 1.807) is 7.11 Å². The van der Waals surface area contributed by atoms with E-state index in [1.807, 2.05) is 24.3 Å². The van der Waals surface area contributed by atoms with Crippen molar-refractivity contribution in [1.82, 2.24) is 0 Å². The summed E-state index contributed by atoms with van der Waals surface area (Å²) in [5.41, 5.74) is 6.07. The van der Waals surface area contributed by atoms with Crippen molar-refractivity contribution in [1.29, 1.82) is 0 Å². The second-order valence-corrected chi connectivity index (χ2v) is 7.79. The zero-order valence-corrected chi connectivity index (χ0v) is 16.1. The lowest BCUT2D eigenvalue weighted by Crippen LogP contribution is -2.44. The molecule has 0 aliphatic heterocycles. The Hall–Kier alpha value is -3.07. The van der Waals surface area contributed by atoms with Crippen molar-refractivity contribution >= 4 is 11.6 Å². The summed E-state index contributed by atoms with van der Waals surface area (Å²) in [5.74, 6) is 1.21. The number of benzene rings is 3. The van der Waals surface area contributed by atoms with Gasteiger partial charge in [0.1, 0.15) is 5.75 Å². The van der Waals surface area contributed by atoms with E-state index >= 15 is 0 Å². The Morgan fingerprint density at radius 1 is 0.786 bits per heavy atom. The first-order valence-electron chi connectivity index (χ1n) is 9.82. The summed E-state index contributed by atoms with van der Waals surface area (Å²) in [4.78, 5) is 13.5. The van der Waals surface area contributed by atoms with Gasteiger partial charge in [0.25, 0.3) is 0 Å². The van der Waals surface area contributed by atoms with Crippen molar-refractivity contribution in [2.24, 2.45) is 11.8 Å². The van der Waals surface area contributed by atoms with Crippen molar-refractivity contribution in [3.63, 3.8) is 0 Å². The number of hydrogen-bond donors (Lipinski definition) is 1. The van der Waals surface area contributed by atoms with Crippen LogP contribution in [0.1, 0.15) is 41.0 Å². The number of amides is 1. The second kappa shape index (κ2) is 6.52. The van der Waals surface area contributed by atoms with Gasteiger partial charge in [0, 0.05) is 11.8 Å². The van der Waals surface area contributed by atoms with Crippen LogP contribution in [0.15, 0.2) is 72.8 Å². The quantitative estimate of drug-likeness (QED) is 0.691. The van der Waals surface area contributed by atoms with Crippen LogP contribution in [0.2, 0.25) is 0 Å². The van der Waals surface area contributed by atoms with Crippen LogP contribution in [0.3, 0.4) is 0 Å². The molecule has 0 aromatic heterocycles. The number of carbonyl (C=O) groups is 1. The average molecular weight is 369 g/mol. The number of ether oxygens (including phenoxy) is 1. The molecular weight excluding hydrogens is 346 g/mol. The minimum atomic E-state index is -0.111. The zero-order valence-electron chi connectivity index (χ0n) is 16.1. The number of hydrogen-bond acceptors (Lipinski definition) is 2. The fraction of sp³-hybridized carbons (Fsp3) is 0.240. The molecule has 3 aromatic rings. The summed E-state index contributed by atoms with van der Waals surface area (Å²) < 4.78 is 5.42. The Kier molecular flexibility index (Phi) is 3.97. The molecule has 3 aliphatic rings. The first-order chi connectivity index (χ1) is 13.7. The maximum atomic E-state index is 13.5. The molecule has 0 spiro atoms. The van der Waals surface area contributed by atoms with Crippen LogP contribution in [0.5, 0.6) is 5.75 Å². The third-order valence-corrected chi connectivity index (χ3v) is 6.45. The van der Waals surface area contributed by atoms with E-state index in [1.165, 1.54) is 22.3 Å². The molecule has 3 heteroatoms. The standard InChI is InChI=1S/C25H23NO2/c1-15-22-16-9-3-5-11-18(16)24(19-12-6-4-10-17(19)22)23(15)25(27)26-20-13-7-8-14-21(20)28-2/h3-15,22-24H,1-2H3,(H,26,27)/t15-,22?,23+,24?/m1/s1. The highest BCUT2D eigenvalue weighted by Crippen LogP contribution is 2.58. The molecule has 0 fully saturated rings. The Bertz CT molecular complexity index is 1010. The van der Waals surface area contributed by atoms with Gasteiger partial charge in [0.05, 0.1) is 18.7 Å². The lowest BCUT2D eigenvalue weighted by molar-refractivity contribution is -0.122. The monoisotopic (exact) mass is 369 g/mol. The largest absolute Gasteiger partial charge is 0.495 e. The van der Waals surface area contributed by atoms with Gasteiger partial charge in [0.15, 0.2) is 0 Å². The second-order valence-electron chi connectivity index (χ2n) is 7.79. The molecule has 2 bridgehead atoms. The SMILES string of the molecule is COc1ccccc1NC(=O)[C@@H]1C2c3ccccc3C(c3ccccc32)[C@H]1C. The zero-order chi connectivity index (χ0) is 19.3. The van der Waals surface area contributed by atoms with Crippen LogP contribution in [0.4, 0.5) is 5.69 Å². The number of fused-ring (bicyclic) bond motifs is 1. The van der Waals surface area contributed by atoms with Crippen LogP contribution in [0.25, 0.3) is 0 Å². The maximum absolute atomic E-state index is 13.5. The first kappa shape index (κ1) is 17.1. The average Bonchev–Trinajstić information content (AvgIpc) is 2.74. The summed E-state index contributed by atoms with van der Waals surface area (Å²) in [5, 5.41) is 3.14. The molecule has 3 nitrogen and oxygen atoms in total. The normalized spacial score (nSPS) is 24.2. The smallest absolute Gasteiger partial charge is 0.228 e. The van der Waals surface area contributed by atoms with Crippen molar-refractivity contribution in [3.8, 4) is 5.75 Å². The van der Waals surface area contributed by atoms with Gasteiger partial charge in [-0.3, -0.25) is 4.79 Å². The highest BCUT2D eigenvalue weighted by Gasteiger charge is 2.50. The van der Waals surface area contributed by atoms with Crippen molar-refractivity contribution < 1.29 is 9.53 Å². The van der Waals surface area contributed by atoms with Gasteiger partial charge < -0.3 is 10.1 Å². The molecular formula is C25H23NO2. The number of anilines is 1. The molecule has 0 saturated heterocycles. The highest BCUT2D eigenvalue weighted by molar-refractivity contribution is 5.96. The lowest BCUT2D eigenvalue weighted by Gasteiger charge is -2.49. The van der Waals surface area contributed by atoms with E-state index in [4.69, 9.17) is 4.74 Å². The van der Waals surface area contributed by atoms with Gasteiger partial charge >= 0.3 is 0 Å². The summed E-state index contributed by atoms with van der Waals surface area (Å²) in [6.07, 6.45) is 0. The summed E-state index contributed by atoms with van der Waals surface area (Å²) in [6.45, 7) is 2.22. The molecule has 0 heterocycles. The molecule has 140 valence electrons. The van der Waals surface area contributed by atoms with Gasteiger partial charge in [-0.15, -0.1) is 0 Å². The number of nitrogens with one attached hydrogen (secondary N) is 1. The number of carbonyl (C=O) groups excluding carboxylic acids is 1. The lowest BCUT2D eigenvalue weighted by atomic mass is 9.54.